The number of ether oxygens (including phenoxy) is 1. The molecule has 0 saturated carbocycles. The molecule has 0 fully saturated rings. The van der Waals surface area contributed by atoms with Gasteiger partial charge in [0.2, 0.25) is 11.3 Å². The van der Waals surface area contributed by atoms with E-state index in [1.165, 1.54) is 16.7 Å². The Bertz CT molecular complexity index is 709. The van der Waals surface area contributed by atoms with E-state index in [1.807, 2.05) is 12.1 Å². The molecule has 5 nitrogen and oxygen atoms in total. The van der Waals surface area contributed by atoms with Gasteiger partial charge in [-0.15, -0.1) is 0 Å². The maximum atomic E-state index is 10.6. The van der Waals surface area contributed by atoms with Crippen LogP contribution in [-0.2, 0) is 24.1 Å². The van der Waals surface area contributed by atoms with Crippen molar-refractivity contribution in [1.29, 1.82) is 0 Å². The van der Waals surface area contributed by atoms with Gasteiger partial charge < -0.3 is 10.1 Å². The van der Waals surface area contributed by atoms with Gasteiger partial charge in [0.25, 0.3) is 0 Å². The Morgan fingerprint density at radius 1 is 1.24 bits per heavy atom. The smallest absolute Gasteiger partial charge is 0.231 e. The second kappa shape index (κ2) is 9.10. The third-order valence-corrected chi connectivity index (χ3v) is 4.84. The molecular formula is C19H24N2O3S. The van der Waals surface area contributed by atoms with Crippen LogP contribution in [0.25, 0.3) is 0 Å². The minimum atomic E-state index is -2.00. The fraction of sp³-hybridized carbons (Fsp3) is 0.368. The predicted molar refractivity (Wildman–Crippen MR) is 99.9 cm³/mol. The summed E-state index contributed by atoms with van der Waals surface area (Å²) in [5.74, 6) is 0.797. The van der Waals surface area contributed by atoms with Crippen molar-refractivity contribution >= 4 is 11.3 Å². The van der Waals surface area contributed by atoms with Crippen molar-refractivity contribution in [2.75, 3.05) is 19.7 Å². The Kier molecular flexibility index (Phi) is 6.58. The van der Waals surface area contributed by atoms with Gasteiger partial charge in [-0.3, -0.25) is 4.55 Å². The molecule has 2 unspecified atom stereocenters. The highest BCUT2D eigenvalue weighted by Crippen LogP contribution is 2.29. The van der Waals surface area contributed by atoms with Gasteiger partial charge in [0.05, 0.1) is 0 Å². The van der Waals surface area contributed by atoms with E-state index in [0.717, 1.165) is 31.6 Å². The van der Waals surface area contributed by atoms with Gasteiger partial charge in [0, 0.05) is 12.6 Å². The molecular weight excluding hydrogens is 336 g/mol. The van der Waals surface area contributed by atoms with Crippen molar-refractivity contribution in [3.8, 4) is 5.75 Å². The zero-order valence-electron chi connectivity index (χ0n) is 14.1. The quantitative estimate of drug-likeness (QED) is 0.524. The predicted octanol–water partition coefficient (Wildman–Crippen LogP) is 2.61. The van der Waals surface area contributed by atoms with Crippen LogP contribution in [0.2, 0.25) is 0 Å². The third kappa shape index (κ3) is 5.37. The number of hydrogen-bond donors (Lipinski definition) is 3. The molecule has 0 aromatic heterocycles. The molecule has 0 radical (unpaired) electrons. The Morgan fingerprint density at radius 3 is 2.88 bits per heavy atom. The first-order chi connectivity index (χ1) is 12.2. The van der Waals surface area contributed by atoms with Gasteiger partial charge in [-0.05, 0) is 54.6 Å². The second-order valence-electron chi connectivity index (χ2n) is 6.15. The molecule has 0 spiro atoms. The Morgan fingerprint density at radius 2 is 2.08 bits per heavy atom. The summed E-state index contributed by atoms with van der Waals surface area (Å²) < 4.78 is 27.5. The zero-order chi connectivity index (χ0) is 17.5. The van der Waals surface area contributed by atoms with E-state index >= 15 is 0 Å². The molecule has 2 aromatic rings. The topological polar surface area (TPSA) is 70.6 Å². The van der Waals surface area contributed by atoms with Crippen LogP contribution in [0.1, 0.15) is 29.2 Å². The number of aryl methyl sites for hydroxylation is 1. The van der Waals surface area contributed by atoms with Crippen LogP contribution in [-0.4, -0.2) is 28.5 Å². The van der Waals surface area contributed by atoms with Crippen LogP contribution < -0.4 is 14.8 Å². The van der Waals surface area contributed by atoms with E-state index in [4.69, 9.17) is 9.29 Å². The molecule has 1 aliphatic heterocycles. The van der Waals surface area contributed by atoms with E-state index in [0.29, 0.717) is 13.2 Å². The third-order valence-electron chi connectivity index (χ3n) is 4.39. The molecule has 134 valence electrons. The first-order valence-electron chi connectivity index (χ1n) is 8.59. The van der Waals surface area contributed by atoms with E-state index in [2.05, 4.69) is 46.4 Å². The maximum Gasteiger partial charge on any atom is 0.231 e. The Labute approximate surface area is 151 Å². The lowest BCUT2D eigenvalue weighted by Gasteiger charge is -2.20. The van der Waals surface area contributed by atoms with Gasteiger partial charge in [-0.1, -0.05) is 36.4 Å². The first kappa shape index (κ1) is 18.1. The molecule has 0 aliphatic carbocycles. The van der Waals surface area contributed by atoms with Crippen LogP contribution in [0.15, 0.2) is 48.5 Å². The number of nitrogens with one attached hydrogen (secondary N) is 2. The minimum Gasteiger partial charge on any atom is -0.492 e. The van der Waals surface area contributed by atoms with E-state index in [1.54, 1.807) is 0 Å². The van der Waals surface area contributed by atoms with Gasteiger partial charge >= 0.3 is 0 Å². The van der Waals surface area contributed by atoms with E-state index in [-0.39, 0.29) is 6.04 Å². The standard InChI is InChI=1S/C19H24N2O3S/c22-25(23)21-11-12-24-17-9-8-16-7-4-10-20-19(18(16)14-17)13-15-5-2-1-3-6-15/h1-3,5-6,8-9,14,19-21H,4,7,10-13H2,(H,22,23). The summed E-state index contributed by atoms with van der Waals surface area (Å²) >= 11 is -2.00. The van der Waals surface area contributed by atoms with Gasteiger partial charge in [0.1, 0.15) is 12.4 Å². The summed E-state index contributed by atoms with van der Waals surface area (Å²) in [6, 6.07) is 17.0. The highest BCUT2D eigenvalue weighted by Gasteiger charge is 2.19. The van der Waals surface area contributed by atoms with Crippen LogP contribution in [0.3, 0.4) is 0 Å². The summed E-state index contributed by atoms with van der Waals surface area (Å²) in [6.45, 7) is 1.68. The van der Waals surface area contributed by atoms with Crippen molar-refractivity contribution in [1.82, 2.24) is 10.0 Å². The largest absolute Gasteiger partial charge is 0.492 e. The van der Waals surface area contributed by atoms with Crippen LogP contribution in [0, 0.1) is 0 Å². The van der Waals surface area contributed by atoms with E-state index in [9.17, 15) is 4.21 Å². The molecule has 1 heterocycles. The lowest BCUT2D eigenvalue weighted by atomic mass is 9.94. The molecule has 6 heteroatoms. The number of rotatable bonds is 7. The molecule has 1 aliphatic rings. The second-order valence-corrected chi connectivity index (χ2v) is 6.94. The van der Waals surface area contributed by atoms with Crippen molar-refractivity contribution in [3.63, 3.8) is 0 Å². The summed E-state index contributed by atoms with van der Waals surface area (Å²) in [6.07, 6.45) is 3.14. The van der Waals surface area contributed by atoms with Crippen LogP contribution in [0.5, 0.6) is 5.75 Å². The highest BCUT2D eigenvalue weighted by atomic mass is 32.2. The Balaban J connectivity index is 1.72. The zero-order valence-corrected chi connectivity index (χ0v) is 14.9. The maximum absolute atomic E-state index is 10.6. The summed E-state index contributed by atoms with van der Waals surface area (Å²) in [5.41, 5.74) is 3.97. The minimum absolute atomic E-state index is 0.270. The monoisotopic (exact) mass is 360 g/mol. The molecule has 3 N–H and O–H groups in total. The fourth-order valence-corrected chi connectivity index (χ4v) is 3.47. The average molecular weight is 360 g/mol. The number of fused-ring (bicyclic) bond motifs is 1. The van der Waals surface area contributed by atoms with Crippen LogP contribution in [0.4, 0.5) is 0 Å². The normalized spacial score (nSPS) is 18.2. The fourth-order valence-electron chi connectivity index (χ4n) is 3.21. The van der Waals surface area contributed by atoms with Gasteiger partial charge in [-0.2, -0.15) is 0 Å². The van der Waals surface area contributed by atoms with Crippen molar-refractivity contribution in [2.45, 2.75) is 25.3 Å². The summed E-state index contributed by atoms with van der Waals surface area (Å²) in [7, 11) is 0. The average Bonchev–Trinajstić information content (AvgIpc) is 2.82. The van der Waals surface area contributed by atoms with Gasteiger partial charge in [-0.25, -0.2) is 8.93 Å². The lowest BCUT2D eigenvalue weighted by Crippen LogP contribution is -2.23. The molecule has 3 rings (SSSR count). The molecule has 0 saturated heterocycles. The summed E-state index contributed by atoms with van der Waals surface area (Å²) in [5, 5.41) is 3.65. The lowest BCUT2D eigenvalue weighted by molar-refractivity contribution is 0.321. The number of hydrogen-bond acceptors (Lipinski definition) is 3. The van der Waals surface area contributed by atoms with Crippen LogP contribution >= 0.6 is 0 Å². The van der Waals surface area contributed by atoms with Crippen molar-refractivity contribution in [2.24, 2.45) is 0 Å². The van der Waals surface area contributed by atoms with Crippen molar-refractivity contribution in [3.05, 3.63) is 65.2 Å². The Hall–Kier alpha value is -1.73. The SMILES string of the molecule is O=S(O)NCCOc1ccc2c(c1)C(Cc1ccccc1)NCCC2. The molecule has 0 amide bonds. The number of benzene rings is 2. The molecule has 2 atom stereocenters. The van der Waals surface area contributed by atoms with Gasteiger partial charge in [0.15, 0.2) is 0 Å². The molecule has 0 bridgehead atoms. The first-order valence-corrected chi connectivity index (χ1v) is 9.70. The summed E-state index contributed by atoms with van der Waals surface area (Å²) in [4.78, 5) is 0. The molecule has 25 heavy (non-hydrogen) atoms. The van der Waals surface area contributed by atoms with Crippen molar-refractivity contribution < 1.29 is 13.5 Å². The molecule has 2 aromatic carbocycles. The highest BCUT2D eigenvalue weighted by molar-refractivity contribution is 7.77. The van der Waals surface area contributed by atoms with E-state index < -0.39 is 11.3 Å².